The van der Waals surface area contributed by atoms with Crippen molar-refractivity contribution in [1.29, 1.82) is 0 Å². The second-order valence-electron chi connectivity index (χ2n) is 12.1. The molecule has 2 saturated heterocycles. The Morgan fingerprint density at radius 3 is 2.39 bits per heavy atom. The van der Waals surface area contributed by atoms with Gasteiger partial charge in [0.05, 0.1) is 25.6 Å². The van der Waals surface area contributed by atoms with Gasteiger partial charge in [-0.25, -0.2) is 0 Å². The van der Waals surface area contributed by atoms with Crippen molar-refractivity contribution in [3.63, 3.8) is 0 Å². The van der Waals surface area contributed by atoms with Crippen LogP contribution < -0.4 is 4.74 Å². The third-order valence-corrected chi connectivity index (χ3v) is 9.27. The Labute approximate surface area is 278 Å². The summed E-state index contributed by atoms with van der Waals surface area (Å²) in [5.74, 6) is 0.0479. The van der Waals surface area contributed by atoms with Crippen molar-refractivity contribution in [2.45, 2.75) is 102 Å². The third kappa shape index (κ3) is 12.9. The van der Waals surface area contributed by atoms with Crippen LogP contribution in [0.4, 0.5) is 0 Å². The summed E-state index contributed by atoms with van der Waals surface area (Å²) in [6.45, 7) is 1.53. The summed E-state index contributed by atoms with van der Waals surface area (Å²) in [7, 11) is -2.34. The molecule has 2 heterocycles. The summed E-state index contributed by atoms with van der Waals surface area (Å²) in [4.78, 5) is 11.5. The Hall–Kier alpha value is -1.99. The molecule has 0 amide bonds. The van der Waals surface area contributed by atoms with Crippen LogP contribution in [0.3, 0.4) is 0 Å². The lowest BCUT2D eigenvalue weighted by atomic mass is 9.89. The molecule has 7 atom stereocenters. The Bertz CT molecular complexity index is 1210. The van der Waals surface area contributed by atoms with E-state index < -0.39 is 22.3 Å². The summed E-state index contributed by atoms with van der Waals surface area (Å²) in [5, 5.41) is 0.624. The first-order valence-electron chi connectivity index (χ1n) is 16.4. The van der Waals surface area contributed by atoms with Gasteiger partial charge in [-0.15, -0.1) is 0 Å². The van der Waals surface area contributed by atoms with E-state index in [0.29, 0.717) is 56.1 Å². The first kappa shape index (κ1) is 36.8. The summed E-state index contributed by atoms with van der Waals surface area (Å²) >= 11 is 6.05. The normalized spacial score (nSPS) is 28.1. The van der Waals surface area contributed by atoms with Crippen molar-refractivity contribution < 1.29 is 45.8 Å². The number of carbonyl (C=O) groups excluding carboxylic acids is 1. The predicted molar refractivity (Wildman–Crippen MR) is 174 cm³/mol. The molecule has 10 nitrogen and oxygen atoms in total. The van der Waals surface area contributed by atoms with Crippen molar-refractivity contribution >= 4 is 27.7 Å². The van der Waals surface area contributed by atoms with E-state index in [4.69, 9.17) is 44.2 Å². The number of ether oxygens (including phenoxy) is 6. The Morgan fingerprint density at radius 2 is 1.74 bits per heavy atom. The topological polar surface area (TPSA) is 116 Å². The van der Waals surface area contributed by atoms with Crippen molar-refractivity contribution in [3.8, 4) is 5.75 Å². The summed E-state index contributed by atoms with van der Waals surface area (Å²) in [5.41, 5.74) is 0. The van der Waals surface area contributed by atoms with Gasteiger partial charge in [0.15, 0.2) is 12.6 Å². The van der Waals surface area contributed by atoms with Gasteiger partial charge in [-0.2, -0.15) is 8.42 Å². The zero-order chi connectivity index (χ0) is 32.8. The molecule has 46 heavy (non-hydrogen) atoms. The fraction of sp³-hybridized carbons (Fsp3) is 0.676. The Balaban J connectivity index is 1.54. The molecule has 0 bridgehead atoms. The van der Waals surface area contributed by atoms with Gasteiger partial charge in [-0.1, -0.05) is 35.9 Å². The zero-order valence-corrected chi connectivity index (χ0v) is 28.5. The van der Waals surface area contributed by atoms with E-state index in [0.717, 1.165) is 44.8 Å². The van der Waals surface area contributed by atoms with Crippen molar-refractivity contribution in [2.24, 2.45) is 11.8 Å². The van der Waals surface area contributed by atoms with Gasteiger partial charge in [-0.05, 0) is 88.0 Å². The number of methoxy groups -OCH3 is 1. The van der Waals surface area contributed by atoms with Crippen LogP contribution in [0.15, 0.2) is 48.6 Å². The smallest absolute Gasteiger partial charge is 0.305 e. The number of benzene rings is 1. The molecule has 0 spiro atoms. The summed E-state index contributed by atoms with van der Waals surface area (Å²) in [6, 6.07) is 7.17. The van der Waals surface area contributed by atoms with Gasteiger partial charge in [0, 0.05) is 37.0 Å². The zero-order valence-electron chi connectivity index (χ0n) is 26.9. The molecular weight excluding hydrogens is 636 g/mol. The highest BCUT2D eigenvalue weighted by Gasteiger charge is 2.45. The van der Waals surface area contributed by atoms with Gasteiger partial charge in [-0.3, -0.25) is 8.98 Å². The van der Waals surface area contributed by atoms with Crippen LogP contribution in [0.5, 0.6) is 5.75 Å². The molecule has 0 aromatic heterocycles. The molecule has 1 aromatic carbocycles. The monoisotopic (exact) mass is 684 g/mol. The molecule has 4 rings (SSSR count). The average molecular weight is 685 g/mol. The van der Waals surface area contributed by atoms with Gasteiger partial charge in [0.1, 0.15) is 18.5 Å². The molecule has 258 valence electrons. The molecule has 2 aliphatic heterocycles. The Kier molecular flexibility index (Phi) is 15.3. The lowest BCUT2D eigenvalue weighted by Gasteiger charge is -2.30. The predicted octanol–water partition coefficient (Wildman–Crippen LogP) is 6.37. The minimum Gasteiger partial charge on any atom is -0.491 e. The maximum Gasteiger partial charge on any atom is 0.305 e. The molecule has 1 saturated carbocycles. The highest BCUT2D eigenvalue weighted by molar-refractivity contribution is 7.86. The molecule has 3 fully saturated rings. The number of hydrogen-bond donors (Lipinski definition) is 0. The maximum atomic E-state index is 12.3. The highest BCUT2D eigenvalue weighted by Crippen LogP contribution is 2.42. The van der Waals surface area contributed by atoms with Crippen LogP contribution in [-0.2, 0) is 42.8 Å². The molecule has 3 aliphatic rings. The summed E-state index contributed by atoms with van der Waals surface area (Å²) < 4.78 is 65.8. The largest absolute Gasteiger partial charge is 0.491 e. The second-order valence-corrected chi connectivity index (χ2v) is 14.1. The average Bonchev–Trinajstić information content (AvgIpc) is 3.35. The fourth-order valence-electron chi connectivity index (χ4n) is 6.11. The van der Waals surface area contributed by atoms with Crippen molar-refractivity contribution in [1.82, 2.24) is 0 Å². The number of carbonyl (C=O) groups is 1. The van der Waals surface area contributed by atoms with Gasteiger partial charge in [0.2, 0.25) is 0 Å². The molecule has 12 heteroatoms. The lowest BCUT2D eigenvalue weighted by Crippen LogP contribution is -2.32. The number of hydrogen-bond acceptors (Lipinski definition) is 10. The standard InChI is InChI=1S/C34H49ClO10S/c1-39-32(36)12-6-4-3-5-11-28-29(30(23-31(28)45-46(2,37)38)44-34-14-8-10-22-41-34)20-19-27(43-33-13-7-9-21-40-33)24-42-26-17-15-25(35)16-18-26/h3,5,15-20,27-31,33-34H,4,6-14,21-24H2,1-2H3/b5-3-,20-19+/t27-,28-,29-,30-,31-,33?,34?/m1/s1. The number of halogens is 1. The molecule has 0 N–H and O–H groups in total. The van der Waals surface area contributed by atoms with E-state index in [1.54, 1.807) is 12.1 Å². The van der Waals surface area contributed by atoms with E-state index in [-0.39, 0.29) is 43.1 Å². The summed E-state index contributed by atoms with van der Waals surface area (Å²) in [6.07, 6.45) is 15.5. The van der Waals surface area contributed by atoms with E-state index in [2.05, 4.69) is 6.08 Å². The van der Waals surface area contributed by atoms with E-state index in [9.17, 15) is 13.2 Å². The van der Waals surface area contributed by atoms with Crippen LogP contribution in [-0.4, -0.2) is 78.5 Å². The lowest BCUT2D eigenvalue weighted by molar-refractivity contribution is -0.193. The number of allylic oxidation sites excluding steroid dienone is 2. The van der Waals surface area contributed by atoms with Crippen molar-refractivity contribution in [2.75, 3.05) is 33.2 Å². The van der Waals surface area contributed by atoms with E-state index in [1.807, 2.05) is 30.4 Å². The number of unbranched alkanes of at least 4 members (excludes halogenated alkanes) is 1. The quantitative estimate of drug-likeness (QED) is 0.0793. The minimum atomic E-state index is -3.72. The number of rotatable bonds is 17. The van der Waals surface area contributed by atoms with E-state index >= 15 is 0 Å². The third-order valence-electron chi connectivity index (χ3n) is 8.42. The molecule has 2 unspecified atom stereocenters. The minimum absolute atomic E-state index is 0.189. The highest BCUT2D eigenvalue weighted by atomic mass is 35.5. The van der Waals surface area contributed by atoms with Crippen LogP contribution >= 0.6 is 11.6 Å². The van der Waals surface area contributed by atoms with Gasteiger partial charge < -0.3 is 28.4 Å². The van der Waals surface area contributed by atoms with E-state index in [1.165, 1.54) is 7.11 Å². The first-order chi connectivity index (χ1) is 22.2. The Morgan fingerprint density at radius 1 is 1.02 bits per heavy atom. The van der Waals surface area contributed by atoms with Crippen LogP contribution in [0.25, 0.3) is 0 Å². The molecule has 0 radical (unpaired) electrons. The number of esters is 1. The molecule has 1 aromatic rings. The van der Waals surface area contributed by atoms with Gasteiger partial charge in [0.25, 0.3) is 10.1 Å². The molecular formula is C34H49ClO10S. The van der Waals surface area contributed by atoms with Crippen molar-refractivity contribution in [3.05, 3.63) is 53.6 Å². The van der Waals surface area contributed by atoms with Crippen LogP contribution in [0.1, 0.15) is 70.6 Å². The maximum absolute atomic E-state index is 12.3. The van der Waals surface area contributed by atoms with Crippen LogP contribution in [0, 0.1) is 11.8 Å². The molecule has 1 aliphatic carbocycles. The van der Waals surface area contributed by atoms with Crippen LogP contribution in [0.2, 0.25) is 5.02 Å². The second kappa shape index (κ2) is 19.1. The SMILES string of the molecule is COC(=O)CCC/C=C\C[C@@H]1[C@@H](/C=C/[C@H](COc2ccc(Cl)cc2)OC2CCCCO2)[C@H](OC2CCCCO2)C[C@H]1OS(C)(=O)=O. The van der Waals surface area contributed by atoms with Gasteiger partial charge >= 0.3 is 5.97 Å². The first-order valence-corrected chi connectivity index (χ1v) is 18.6. The fourth-order valence-corrected chi connectivity index (χ4v) is 6.90.